The molecule has 0 atom stereocenters. The van der Waals surface area contributed by atoms with Crippen LogP contribution in [0.25, 0.3) is 0 Å². The Labute approximate surface area is 163 Å². The lowest BCUT2D eigenvalue weighted by molar-refractivity contribution is -0.892. The smallest absolute Gasteiger partial charge is 0.279 e. The first kappa shape index (κ1) is 18.8. The number of halogens is 2. The maximum atomic E-state index is 12.3. The molecule has 1 heterocycles. The van der Waals surface area contributed by atoms with Crippen LogP contribution in [0.1, 0.15) is 0 Å². The molecular weight excluding hydrogens is 373 g/mol. The molecule has 1 aliphatic heterocycles. The normalized spacial score (nSPS) is 15.0. The molecule has 0 bridgehead atoms. The third-order valence-electron chi connectivity index (χ3n) is 4.52. The summed E-state index contributed by atoms with van der Waals surface area (Å²) in [5.74, 6) is 0.817. The average Bonchev–Trinajstić information content (AvgIpc) is 2.65. The molecule has 0 saturated carbocycles. The van der Waals surface area contributed by atoms with Gasteiger partial charge < -0.3 is 19.9 Å². The second-order valence-corrected chi connectivity index (χ2v) is 7.13. The summed E-state index contributed by atoms with van der Waals surface area (Å²) >= 11 is 12.0. The van der Waals surface area contributed by atoms with E-state index in [9.17, 15) is 4.79 Å². The zero-order valence-electron chi connectivity index (χ0n) is 14.6. The van der Waals surface area contributed by atoms with Crippen molar-refractivity contribution in [1.29, 1.82) is 0 Å². The number of benzene rings is 2. The van der Waals surface area contributed by atoms with Crippen molar-refractivity contribution in [1.82, 2.24) is 0 Å². The third-order valence-corrected chi connectivity index (χ3v) is 5.07. The highest BCUT2D eigenvalue weighted by Gasteiger charge is 2.22. The summed E-state index contributed by atoms with van der Waals surface area (Å²) in [6.07, 6.45) is 0. The lowest BCUT2D eigenvalue weighted by Gasteiger charge is -2.33. The predicted molar refractivity (Wildman–Crippen MR) is 106 cm³/mol. The molecule has 2 N–H and O–H groups in total. The van der Waals surface area contributed by atoms with E-state index < -0.39 is 0 Å². The summed E-state index contributed by atoms with van der Waals surface area (Å²) in [5.41, 5.74) is 1.78. The number of nitrogens with one attached hydrogen (secondary N) is 2. The molecule has 0 aromatic heterocycles. The number of ether oxygens (including phenoxy) is 1. The zero-order valence-corrected chi connectivity index (χ0v) is 16.1. The molecule has 7 heteroatoms. The van der Waals surface area contributed by atoms with Crippen LogP contribution in [0.5, 0.6) is 5.75 Å². The SMILES string of the molecule is COc1ccc(N2CC[NH+](CC(=O)Nc3ccc(Cl)cc3Cl)CC2)cc1. The van der Waals surface area contributed by atoms with Crippen molar-refractivity contribution >= 4 is 40.5 Å². The number of piperazine rings is 1. The monoisotopic (exact) mass is 394 g/mol. The van der Waals surface area contributed by atoms with Crippen molar-refractivity contribution in [2.24, 2.45) is 0 Å². The molecule has 3 rings (SSSR count). The topological polar surface area (TPSA) is 46.0 Å². The van der Waals surface area contributed by atoms with Gasteiger partial charge >= 0.3 is 0 Å². The van der Waals surface area contributed by atoms with Crippen LogP contribution in [0.3, 0.4) is 0 Å². The molecule has 5 nitrogen and oxygen atoms in total. The molecule has 1 aliphatic rings. The zero-order chi connectivity index (χ0) is 18.5. The highest BCUT2D eigenvalue weighted by Crippen LogP contribution is 2.25. The number of nitrogens with zero attached hydrogens (tertiary/aromatic N) is 1. The summed E-state index contributed by atoms with van der Waals surface area (Å²) in [4.78, 5) is 15.9. The van der Waals surface area contributed by atoms with Crippen LogP contribution in [0.2, 0.25) is 10.0 Å². The Bertz CT molecular complexity index is 760. The quantitative estimate of drug-likeness (QED) is 0.817. The van der Waals surface area contributed by atoms with Crippen LogP contribution in [-0.2, 0) is 4.79 Å². The van der Waals surface area contributed by atoms with E-state index in [1.807, 2.05) is 12.1 Å². The summed E-state index contributed by atoms with van der Waals surface area (Å²) in [6, 6.07) is 13.1. The molecule has 0 radical (unpaired) electrons. The van der Waals surface area contributed by atoms with Gasteiger partial charge in [-0.2, -0.15) is 0 Å². The van der Waals surface area contributed by atoms with Crippen molar-refractivity contribution in [2.75, 3.05) is 50.1 Å². The van der Waals surface area contributed by atoms with E-state index in [1.165, 1.54) is 10.6 Å². The predicted octanol–water partition coefficient (Wildman–Crippen LogP) is 2.35. The third kappa shape index (κ3) is 4.81. The first-order chi connectivity index (χ1) is 12.5. The number of carbonyl (C=O) groups is 1. The molecule has 1 amide bonds. The summed E-state index contributed by atoms with van der Waals surface area (Å²) in [7, 11) is 1.67. The van der Waals surface area contributed by atoms with E-state index in [1.54, 1.807) is 25.3 Å². The molecule has 0 unspecified atom stereocenters. The standard InChI is InChI=1S/C19H21Cl2N3O2/c1-26-16-5-3-15(4-6-16)24-10-8-23(9-11-24)13-19(25)22-18-7-2-14(20)12-17(18)21/h2-7,12H,8-11,13H2,1H3,(H,22,25)/p+1. The number of anilines is 2. The highest BCUT2D eigenvalue weighted by molar-refractivity contribution is 6.36. The average molecular weight is 395 g/mol. The number of hydrogen-bond donors (Lipinski definition) is 2. The fraction of sp³-hybridized carbons (Fsp3) is 0.316. The molecule has 0 aliphatic carbocycles. The minimum Gasteiger partial charge on any atom is -0.497 e. The summed E-state index contributed by atoms with van der Waals surface area (Å²) in [5, 5.41) is 3.86. The van der Waals surface area contributed by atoms with Crippen LogP contribution in [0.15, 0.2) is 42.5 Å². The number of rotatable bonds is 5. The molecule has 1 fully saturated rings. The van der Waals surface area contributed by atoms with Crippen molar-refractivity contribution in [3.8, 4) is 5.75 Å². The number of quaternary nitrogens is 1. The van der Waals surface area contributed by atoms with Gasteiger partial charge in [0, 0.05) is 10.7 Å². The lowest BCUT2D eigenvalue weighted by Crippen LogP contribution is -3.15. The molecule has 0 spiro atoms. The largest absolute Gasteiger partial charge is 0.497 e. The number of amides is 1. The van der Waals surface area contributed by atoms with Gasteiger partial charge in [0.25, 0.3) is 5.91 Å². The Hall–Kier alpha value is -1.95. The van der Waals surface area contributed by atoms with Crippen molar-refractivity contribution in [2.45, 2.75) is 0 Å². The van der Waals surface area contributed by atoms with Gasteiger partial charge in [0.15, 0.2) is 6.54 Å². The van der Waals surface area contributed by atoms with Gasteiger partial charge in [-0.1, -0.05) is 23.2 Å². The molecule has 138 valence electrons. The summed E-state index contributed by atoms with van der Waals surface area (Å²) < 4.78 is 5.20. The second-order valence-electron chi connectivity index (χ2n) is 6.28. The first-order valence-electron chi connectivity index (χ1n) is 8.52. The first-order valence-corrected chi connectivity index (χ1v) is 9.28. The Morgan fingerprint density at radius 3 is 2.46 bits per heavy atom. The molecule has 2 aromatic rings. The van der Waals surface area contributed by atoms with Crippen LogP contribution < -0.4 is 19.9 Å². The fourth-order valence-corrected chi connectivity index (χ4v) is 3.52. The van der Waals surface area contributed by atoms with Gasteiger partial charge in [-0.25, -0.2) is 0 Å². The highest BCUT2D eigenvalue weighted by atomic mass is 35.5. The molecule has 1 saturated heterocycles. The maximum absolute atomic E-state index is 12.3. The van der Waals surface area contributed by atoms with Crippen LogP contribution in [0, 0.1) is 0 Å². The van der Waals surface area contributed by atoms with Crippen molar-refractivity contribution in [3.05, 3.63) is 52.5 Å². The second kappa shape index (κ2) is 8.62. The van der Waals surface area contributed by atoms with Crippen molar-refractivity contribution in [3.63, 3.8) is 0 Å². The van der Waals surface area contributed by atoms with Gasteiger partial charge in [-0.3, -0.25) is 4.79 Å². The van der Waals surface area contributed by atoms with Gasteiger partial charge in [-0.15, -0.1) is 0 Å². The van der Waals surface area contributed by atoms with E-state index in [4.69, 9.17) is 27.9 Å². The number of hydrogen-bond acceptors (Lipinski definition) is 3. The Morgan fingerprint density at radius 2 is 1.85 bits per heavy atom. The van der Waals surface area contributed by atoms with Crippen molar-refractivity contribution < 1.29 is 14.4 Å². The minimum atomic E-state index is -0.0397. The number of carbonyl (C=O) groups excluding carboxylic acids is 1. The van der Waals surface area contributed by atoms with E-state index in [0.29, 0.717) is 22.3 Å². The van der Waals surface area contributed by atoms with Crippen LogP contribution in [-0.4, -0.2) is 45.7 Å². The van der Waals surface area contributed by atoms with E-state index in [2.05, 4.69) is 22.3 Å². The Morgan fingerprint density at radius 1 is 1.15 bits per heavy atom. The van der Waals surface area contributed by atoms with E-state index >= 15 is 0 Å². The Kier molecular flexibility index (Phi) is 6.25. The van der Waals surface area contributed by atoms with Crippen LogP contribution in [0.4, 0.5) is 11.4 Å². The van der Waals surface area contributed by atoms with Gasteiger partial charge in [-0.05, 0) is 42.5 Å². The minimum absolute atomic E-state index is 0.0397. The molecular formula is C19H22Cl2N3O2+. The van der Waals surface area contributed by atoms with Gasteiger partial charge in [0.2, 0.25) is 0 Å². The lowest BCUT2D eigenvalue weighted by atomic mass is 10.2. The van der Waals surface area contributed by atoms with Gasteiger partial charge in [0.05, 0.1) is 44.0 Å². The van der Waals surface area contributed by atoms with E-state index in [-0.39, 0.29) is 5.91 Å². The van der Waals surface area contributed by atoms with Gasteiger partial charge in [0.1, 0.15) is 5.75 Å². The Balaban J connectivity index is 1.49. The summed E-state index contributed by atoms with van der Waals surface area (Å²) in [6.45, 7) is 4.07. The van der Waals surface area contributed by atoms with Crippen LogP contribution >= 0.6 is 23.2 Å². The number of methoxy groups -OCH3 is 1. The molecule has 2 aromatic carbocycles. The molecule has 26 heavy (non-hydrogen) atoms. The fourth-order valence-electron chi connectivity index (χ4n) is 3.06. The maximum Gasteiger partial charge on any atom is 0.279 e. The van der Waals surface area contributed by atoms with E-state index in [0.717, 1.165) is 31.9 Å².